The zero-order valence-electron chi connectivity index (χ0n) is 14.5. The number of carbonyl (C=O) groups excluding carboxylic acids is 1. The van der Waals surface area contributed by atoms with Crippen molar-refractivity contribution >= 4 is 28.3 Å². The number of benzene rings is 1. The number of hydrogen-bond donors (Lipinski definition) is 1. The second kappa shape index (κ2) is 8.03. The van der Waals surface area contributed by atoms with Crippen molar-refractivity contribution < 1.29 is 13.2 Å². The number of carbonyl (C=O) groups is 1. The Hall–Kier alpha value is -1.15. The van der Waals surface area contributed by atoms with Crippen LogP contribution in [-0.2, 0) is 27.7 Å². The van der Waals surface area contributed by atoms with Crippen LogP contribution in [0.1, 0.15) is 30.9 Å². The highest BCUT2D eigenvalue weighted by molar-refractivity contribution is 7.89. The summed E-state index contributed by atoms with van der Waals surface area (Å²) in [6, 6.07) is 4.97. The number of sulfonamides is 1. The molecule has 6 nitrogen and oxygen atoms in total. The van der Waals surface area contributed by atoms with Gasteiger partial charge >= 0.3 is 0 Å². The van der Waals surface area contributed by atoms with E-state index in [1.165, 1.54) is 16.3 Å². The van der Waals surface area contributed by atoms with Gasteiger partial charge in [-0.05, 0) is 55.9 Å². The Morgan fingerprint density at radius 2 is 1.68 bits per heavy atom. The summed E-state index contributed by atoms with van der Waals surface area (Å²) < 4.78 is 27.2. The van der Waals surface area contributed by atoms with Gasteiger partial charge in [-0.25, -0.2) is 8.42 Å². The molecule has 0 spiro atoms. The lowest BCUT2D eigenvalue weighted by Gasteiger charge is -2.35. The van der Waals surface area contributed by atoms with Crippen LogP contribution in [0.4, 0.5) is 0 Å². The van der Waals surface area contributed by atoms with E-state index in [4.69, 9.17) is 5.73 Å². The van der Waals surface area contributed by atoms with E-state index >= 15 is 0 Å². The molecule has 1 aliphatic carbocycles. The smallest absolute Gasteiger partial charge is 0.243 e. The molecule has 1 saturated heterocycles. The molecule has 2 N–H and O–H groups in total. The van der Waals surface area contributed by atoms with Crippen molar-refractivity contribution in [3.8, 4) is 0 Å². The zero-order chi connectivity index (χ0) is 17.3. The normalized spacial score (nSPS) is 19.7. The molecule has 2 aliphatic rings. The van der Waals surface area contributed by atoms with Gasteiger partial charge in [0.2, 0.25) is 15.9 Å². The van der Waals surface area contributed by atoms with E-state index in [2.05, 4.69) is 0 Å². The molecule has 1 aliphatic heterocycles. The quantitative estimate of drug-likeness (QED) is 0.843. The summed E-state index contributed by atoms with van der Waals surface area (Å²) in [7, 11) is -3.50. The average molecular weight is 388 g/mol. The predicted molar refractivity (Wildman–Crippen MR) is 99.3 cm³/mol. The van der Waals surface area contributed by atoms with Crippen molar-refractivity contribution in [3.63, 3.8) is 0 Å². The van der Waals surface area contributed by atoms with E-state index in [0.717, 1.165) is 24.8 Å². The van der Waals surface area contributed by atoms with Crippen LogP contribution in [0, 0.1) is 0 Å². The molecule has 1 atom stereocenters. The second-order valence-corrected chi connectivity index (χ2v) is 8.59. The first-order valence-corrected chi connectivity index (χ1v) is 10.00. The van der Waals surface area contributed by atoms with Gasteiger partial charge < -0.3 is 10.6 Å². The number of hydrogen-bond acceptors (Lipinski definition) is 4. The summed E-state index contributed by atoms with van der Waals surface area (Å²) in [6.45, 7) is 3.07. The number of rotatable bonds is 3. The Bertz CT molecular complexity index is 729. The fourth-order valence-electron chi connectivity index (χ4n) is 3.46. The van der Waals surface area contributed by atoms with Crippen LogP contribution in [0.3, 0.4) is 0 Å². The highest BCUT2D eigenvalue weighted by Gasteiger charge is 2.31. The zero-order valence-corrected chi connectivity index (χ0v) is 16.1. The molecule has 0 saturated carbocycles. The van der Waals surface area contributed by atoms with Gasteiger partial charge in [-0.2, -0.15) is 4.31 Å². The van der Waals surface area contributed by atoms with Gasteiger partial charge in [0.15, 0.2) is 0 Å². The van der Waals surface area contributed by atoms with E-state index in [9.17, 15) is 13.2 Å². The van der Waals surface area contributed by atoms with Crippen LogP contribution in [0.25, 0.3) is 0 Å². The number of halogens is 1. The largest absolute Gasteiger partial charge is 0.339 e. The van der Waals surface area contributed by atoms with Crippen LogP contribution in [0.5, 0.6) is 0 Å². The van der Waals surface area contributed by atoms with Gasteiger partial charge in [0, 0.05) is 26.2 Å². The molecule has 1 aromatic carbocycles. The van der Waals surface area contributed by atoms with Crippen molar-refractivity contribution in [1.29, 1.82) is 0 Å². The molecule has 1 amide bonds. The number of aryl methyl sites for hydroxylation is 2. The topological polar surface area (TPSA) is 83.7 Å². The number of nitrogens with two attached hydrogens (primary N) is 1. The summed E-state index contributed by atoms with van der Waals surface area (Å²) in [5, 5.41) is 0. The van der Waals surface area contributed by atoms with Crippen molar-refractivity contribution in [3.05, 3.63) is 29.3 Å². The third-order valence-electron chi connectivity index (χ3n) is 4.90. The van der Waals surface area contributed by atoms with E-state index in [-0.39, 0.29) is 18.3 Å². The lowest BCUT2D eigenvalue weighted by molar-refractivity contribution is -0.133. The minimum atomic E-state index is -3.50. The first-order valence-electron chi connectivity index (χ1n) is 8.56. The number of nitrogens with zero attached hydrogens (tertiary/aromatic N) is 2. The highest BCUT2D eigenvalue weighted by atomic mass is 35.5. The van der Waals surface area contributed by atoms with E-state index in [1.54, 1.807) is 17.9 Å². The van der Waals surface area contributed by atoms with Gasteiger partial charge in [0.05, 0.1) is 10.9 Å². The predicted octanol–water partition coefficient (Wildman–Crippen LogP) is 1.17. The van der Waals surface area contributed by atoms with Gasteiger partial charge in [-0.15, -0.1) is 12.4 Å². The summed E-state index contributed by atoms with van der Waals surface area (Å²) in [4.78, 5) is 13.9. The fourth-order valence-corrected chi connectivity index (χ4v) is 4.93. The highest BCUT2D eigenvalue weighted by Crippen LogP contribution is 2.26. The third-order valence-corrected chi connectivity index (χ3v) is 6.79. The van der Waals surface area contributed by atoms with Crippen molar-refractivity contribution in [2.24, 2.45) is 5.73 Å². The summed E-state index contributed by atoms with van der Waals surface area (Å²) in [5.41, 5.74) is 8.05. The van der Waals surface area contributed by atoms with Gasteiger partial charge in [-0.3, -0.25) is 4.79 Å². The molecule has 8 heteroatoms. The Balaban J connectivity index is 0.00000225. The minimum absolute atomic E-state index is 0. The van der Waals surface area contributed by atoms with Crippen LogP contribution in [0.15, 0.2) is 23.1 Å². The molecule has 140 valence electrons. The van der Waals surface area contributed by atoms with Gasteiger partial charge in [0.1, 0.15) is 0 Å². The molecule has 3 rings (SSSR count). The molecule has 0 unspecified atom stereocenters. The van der Waals surface area contributed by atoms with E-state index in [1.807, 2.05) is 12.1 Å². The van der Waals surface area contributed by atoms with Crippen LogP contribution >= 0.6 is 12.4 Å². The Morgan fingerprint density at radius 1 is 1.08 bits per heavy atom. The maximum Gasteiger partial charge on any atom is 0.243 e. The minimum Gasteiger partial charge on any atom is -0.339 e. The number of amides is 1. The van der Waals surface area contributed by atoms with E-state index < -0.39 is 16.1 Å². The van der Waals surface area contributed by atoms with Crippen molar-refractivity contribution in [1.82, 2.24) is 9.21 Å². The monoisotopic (exact) mass is 387 g/mol. The molecular formula is C17H26ClN3O3S. The van der Waals surface area contributed by atoms with Crippen molar-refractivity contribution in [2.45, 2.75) is 43.5 Å². The Labute approximate surface area is 155 Å². The van der Waals surface area contributed by atoms with Gasteiger partial charge in [-0.1, -0.05) is 6.07 Å². The van der Waals surface area contributed by atoms with Crippen molar-refractivity contribution in [2.75, 3.05) is 26.2 Å². The summed E-state index contributed by atoms with van der Waals surface area (Å²) in [5.74, 6) is -0.124. The van der Waals surface area contributed by atoms with Gasteiger partial charge in [0.25, 0.3) is 0 Å². The molecular weight excluding hydrogens is 362 g/mol. The van der Waals surface area contributed by atoms with Crippen LogP contribution < -0.4 is 5.73 Å². The molecule has 0 bridgehead atoms. The molecule has 0 aromatic heterocycles. The molecule has 1 aromatic rings. The Kier molecular flexibility index (Phi) is 6.48. The van der Waals surface area contributed by atoms with Crippen LogP contribution in [0.2, 0.25) is 0 Å². The fraction of sp³-hybridized carbons (Fsp3) is 0.588. The average Bonchev–Trinajstić information content (AvgIpc) is 2.60. The standard InChI is InChI=1S/C17H25N3O3S.ClH/c1-13(18)17(21)19-8-10-20(11-9-19)24(22,23)16-7-6-14-4-2-3-5-15(14)12-16;/h6-7,12-13H,2-5,8-11,18H2,1H3;1H/t13-;/m1./s1. The van der Waals surface area contributed by atoms with E-state index in [0.29, 0.717) is 31.1 Å². The summed E-state index contributed by atoms with van der Waals surface area (Å²) in [6.07, 6.45) is 4.28. The maximum absolute atomic E-state index is 12.9. The number of piperazine rings is 1. The third kappa shape index (κ3) is 4.16. The first kappa shape index (κ1) is 20.2. The maximum atomic E-state index is 12.9. The lowest BCUT2D eigenvalue weighted by atomic mass is 9.92. The lowest BCUT2D eigenvalue weighted by Crippen LogP contribution is -2.53. The first-order chi connectivity index (χ1) is 11.4. The van der Waals surface area contributed by atoms with Crippen LogP contribution in [-0.4, -0.2) is 55.8 Å². The molecule has 25 heavy (non-hydrogen) atoms. The SMILES string of the molecule is C[C@@H](N)C(=O)N1CCN(S(=O)(=O)c2ccc3c(c2)CCCC3)CC1.Cl. The molecule has 0 radical (unpaired) electrons. The molecule has 1 fully saturated rings. The summed E-state index contributed by atoms with van der Waals surface area (Å²) >= 11 is 0. The number of fused-ring (bicyclic) bond motifs is 1. The Morgan fingerprint density at radius 3 is 2.28 bits per heavy atom. The second-order valence-electron chi connectivity index (χ2n) is 6.66. The molecule has 1 heterocycles.